The predicted octanol–water partition coefficient (Wildman–Crippen LogP) is 12.5. The molecule has 0 aromatic heterocycles. The zero-order valence-corrected chi connectivity index (χ0v) is 26.9. The monoisotopic (exact) mass is 606 g/mol. The van der Waals surface area contributed by atoms with Crippen molar-refractivity contribution in [1.82, 2.24) is 0 Å². The zero-order valence-electron chi connectivity index (χ0n) is 26.9. The third-order valence-electron chi connectivity index (χ3n) is 8.56. The van der Waals surface area contributed by atoms with E-state index in [-0.39, 0.29) is 0 Å². The molecule has 0 aliphatic heterocycles. The van der Waals surface area contributed by atoms with Crippen LogP contribution in [0.5, 0.6) is 0 Å². The second-order valence-corrected chi connectivity index (χ2v) is 12.1. The Balaban J connectivity index is 1.08. The van der Waals surface area contributed by atoms with E-state index in [1.165, 1.54) is 33.4 Å². The van der Waals surface area contributed by atoms with Crippen LogP contribution in [-0.4, -0.2) is 0 Å². The van der Waals surface area contributed by atoms with Gasteiger partial charge in [0.25, 0.3) is 0 Å². The molecule has 0 saturated heterocycles. The van der Waals surface area contributed by atoms with Crippen molar-refractivity contribution < 1.29 is 0 Å². The highest BCUT2D eigenvalue weighted by Gasteiger charge is 2.14. The van der Waals surface area contributed by atoms with E-state index in [1.54, 1.807) is 0 Å². The molecule has 47 heavy (non-hydrogen) atoms. The molecule has 0 aliphatic carbocycles. The number of aryl methyl sites for hydroxylation is 2. The Hall–Kier alpha value is -5.86. The summed E-state index contributed by atoms with van der Waals surface area (Å²) in [7, 11) is 0. The van der Waals surface area contributed by atoms with Crippen LogP contribution in [-0.2, 0) is 6.42 Å². The molecular formula is C45H38N2. The summed E-state index contributed by atoms with van der Waals surface area (Å²) in [4.78, 5) is 4.63. The fourth-order valence-corrected chi connectivity index (χ4v) is 6.20. The van der Waals surface area contributed by atoms with Gasteiger partial charge in [-0.25, -0.2) is 0 Å². The van der Waals surface area contributed by atoms with Crippen molar-refractivity contribution in [2.45, 2.75) is 20.3 Å². The molecule has 2 nitrogen and oxygen atoms in total. The van der Waals surface area contributed by atoms with E-state index >= 15 is 0 Å². The molecule has 0 saturated carbocycles. The van der Waals surface area contributed by atoms with Gasteiger partial charge < -0.3 is 9.80 Å². The molecule has 0 N–H and O–H groups in total. The Morgan fingerprint density at radius 3 is 1.09 bits per heavy atom. The molecule has 228 valence electrons. The topological polar surface area (TPSA) is 6.48 Å². The molecule has 0 fully saturated rings. The van der Waals surface area contributed by atoms with Crippen LogP contribution >= 0.6 is 0 Å². The maximum atomic E-state index is 2.32. The maximum Gasteiger partial charge on any atom is 0.0464 e. The molecule has 7 aromatic carbocycles. The minimum Gasteiger partial charge on any atom is -0.310 e. The Morgan fingerprint density at radius 1 is 0.319 bits per heavy atom. The standard InChI is InChI=1S/C45H38N2/c1-34-11-9-17-44(31-34)46(40-13-5-3-6-14-40)42-27-21-37(22-28-42)33-36-19-23-38(24-20-36)39-25-29-43(30-26-39)47(41-15-7-4-8-16-41)45-18-10-12-35(2)32-45/h3-32H,33H2,1-2H3. The molecule has 0 aliphatic rings. The summed E-state index contributed by atoms with van der Waals surface area (Å²) in [6.07, 6.45) is 0.887. The molecule has 0 spiro atoms. The SMILES string of the molecule is Cc1cccc(N(c2ccccc2)c2ccc(Cc3ccc(-c4ccc(N(c5ccccc5)c5cccc(C)c5)cc4)cc3)cc2)c1. The van der Waals surface area contributed by atoms with Crippen LogP contribution < -0.4 is 9.80 Å². The second kappa shape index (κ2) is 13.6. The third kappa shape index (κ3) is 6.88. The van der Waals surface area contributed by atoms with Crippen LogP contribution in [0.25, 0.3) is 11.1 Å². The molecule has 2 heteroatoms. The van der Waals surface area contributed by atoms with Crippen molar-refractivity contribution in [2.75, 3.05) is 9.80 Å². The lowest BCUT2D eigenvalue weighted by Gasteiger charge is -2.26. The molecule has 0 radical (unpaired) electrons. The molecule has 0 amide bonds. The summed E-state index contributed by atoms with van der Waals surface area (Å²) in [5.41, 5.74) is 14.4. The molecule has 7 rings (SSSR count). The summed E-state index contributed by atoms with van der Waals surface area (Å²) in [6, 6.07) is 65.3. The molecular weight excluding hydrogens is 569 g/mol. The summed E-state index contributed by atoms with van der Waals surface area (Å²) in [6.45, 7) is 4.28. The van der Waals surface area contributed by atoms with Crippen LogP contribution in [0.3, 0.4) is 0 Å². The zero-order chi connectivity index (χ0) is 32.0. The van der Waals surface area contributed by atoms with E-state index in [9.17, 15) is 0 Å². The van der Waals surface area contributed by atoms with Gasteiger partial charge in [0.2, 0.25) is 0 Å². The van der Waals surface area contributed by atoms with Crippen molar-refractivity contribution in [2.24, 2.45) is 0 Å². The Bertz CT molecular complexity index is 2050. The van der Waals surface area contributed by atoms with E-state index in [0.717, 1.165) is 40.5 Å². The van der Waals surface area contributed by atoms with Crippen LogP contribution in [0.2, 0.25) is 0 Å². The fourth-order valence-electron chi connectivity index (χ4n) is 6.20. The van der Waals surface area contributed by atoms with Gasteiger partial charge in [-0.3, -0.25) is 0 Å². The van der Waals surface area contributed by atoms with Gasteiger partial charge in [-0.2, -0.15) is 0 Å². The summed E-state index contributed by atoms with van der Waals surface area (Å²) >= 11 is 0. The van der Waals surface area contributed by atoms with Gasteiger partial charge in [0, 0.05) is 34.1 Å². The average molecular weight is 607 g/mol. The Morgan fingerprint density at radius 2 is 0.660 bits per heavy atom. The maximum absolute atomic E-state index is 2.32. The first-order valence-electron chi connectivity index (χ1n) is 16.2. The Kier molecular flexibility index (Phi) is 8.66. The van der Waals surface area contributed by atoms with Gasteiger partial charge in [-0.1, -0.05) is 109 Å². The minimum atomic E-state index is 0.887. The van der Waals surface area contributed by atoms with Crippen molar-refractivity contribution in [1.29, 1.82) is 0 Å². The van der Waals surface area contributed by atoms with E-state index in [2.05, 4.69) is 206 Å². The number of nitrogens with zero attached hydrogens (tertiary/aromatic N) is 2. The Labute approximate surface area is 278 Å². The van der Waals surface area contributed by atoms with E-state index in [0.29, 0.717) is 0 Å². The first-order valence-corrected chi connectivity index (χ1v) is 16.2. The number of hydrogen-bond acceptors (Lipinski definition) is 2. The lowest BCUT2D eigenvalue weighted by molar-refractivity contribution is 1.18. The quantitative estimate of drug-likeness (QED) is 0.161. The lowest BCUT2D eigenvalue weighted by Crippen LogP contribution is -2.10. The highest BCUT2D eigenvalue weighted by atomic mass is 15.1. The molecule has 7 aromatic rings. The smallest absolute Gasteiger partial charge is 0.0464 e. The summed E-state index contributed by atoms with van der Waals surface area (Å²) in [5, 5.41) is 0. The number of rotatable bonds is 9. The van der Waals surface area contributed by atoms with E-state index in [4.69, 9.17) is 0 Å². The van der Waals surface area contributed by atoms with Crippen LogP contribution in [0.15, 0.2) is 182 Å². The van der Waals surface area contributed by atoms with E-state index < -0.39 is 0 Å². The van der Waals surface area contributed by atoms with Gasteiger partial charge in [0.15, 0.2) is 0 Å². The number of anilines is 6. The number of hydrogen-bond donors (Lipinski definition) is 0. The van der Waals surface area contributed by atoms with Crippen LogP contribution in [0, 0.1) is 13.8 Å². The van der Waals surface area contributed by atoms with Crippen molar-refractivity contribution in [3.05, 3.63) is 204 Å². The van der Waals surface area contributed by atoms with Crippen molar-refractivity contribution in [3.63, 3.8) is 0 Å². The molecule has 0 heterocycles. The summed E-state index contributed by atoms with van der Waals surface area (Å²) < 4.78 is 0. The first-order chi connectivity index (χ1) is 23.1. The van der Waals surface area contributed by atoms with E-state index in [1.807, 2.05) is 0 Å². The van der Waals surface area contributed by atoms with Crippen LogP contribution in [0.1, 0.15) is 22.3 Å². The molecule has 0 unspecified atom stereocenters. The highest BCUT2D eigenvalue weighted by molar-refractivity contribution is 5.79. The third-order valence-corrected chi connectivity index (χ3v) is 8.56. The highest BCUT2D eigenvalue weighted by Crippen LogP contribution is 2.37. The minimum absolute atomic E-state index is 0.887. The first kappa shape index (κ1) is 29.8. The van der Waals surface area contributed by atoms with Gasteiger partial charge in [0.1, 0.15) is 0 Å². The van der Waals surface area contributed by atoms with Gasteiger partial charge >= 0.3 is 0 Å². The molecule has 0 atom stereocenters. The number of para-hydroxylation sites is 2. The van der Waals surface area contributed by atoms with Gasteiger partial charge in [0.05, 0.1) is 0 Å². The second-order valence-electron chi connectivity index (χ2n) is 12.1. The average Bonchev–Trinajstić information content (AvgIpc) is 3.11. The molecule has 0 bridgehead atoms. The fraction of sp³-hybridized carbons (Fsp3) is 0.0667. The van der Waals surface area contributed by atoms with Gasteiger partial charge in [-0.05, 0) is 126 Å². The number of benzene rings is 7. The van der Waals surface area contributed by atoms with Crippen molar-refractivity contribution >= 4 is 34.1 Å². The van der Waals surface area contributed by atoms with Gasteiger partial charge in [-0.15, -0.1) is 0 Å². The van der Waals surface area contributed by atoms with Crippen LogP contribution in [0.4, 0.5) is 34.1 Å². The normalized spacial score (nSPS) is 10.9. The predicted molar refractivity (Wildman–Crippen MR) is 200 cm³/mol. The van der Waals surface area contributed by atoms with Crippen molar-refractivity contribution in [3.8, 4) is 11.1 Å². The lowest BCUT2D eigenvalue weighted by atomic mass is 9.99. The largest absolute Gasteiger partial charge is 0.310 e. The summed E-state index contributed by atoms with van der Waals surface area (Å²) in [5.74, 6) is 0.